The monoisotopic (exact) mass is 428 g/mol. The van der Waals surface area contributed by atoms with E-state index in [-0.39, 0.29) is 12.5 Å². The van der Waals surface area contributed by atoms with Gasteiger partial charge in [-0.25, -0.2) is 9.97 Å². The van der Waals surface area contributed by atoms with Crippen LogP contribution in [0, 0.1) is 12.8 Å². The lowest BCUT2D eigenvalue weighted by Gasteiger charge is -2.07. The summed E-state index contributed by atoms with van der Waals surface area (Å²) >= 11 is 1.32. The van der Waals surface area contributed by atoms with E-state index in [2.05, 4.69) is 20.3 Å². The van der Waals surface area contributed by atoms with Crippen LogP contribution in [0.3, 0.4) is 0 Å². The largest absolute Gasteiger partial charge is 0.480 e. The van der Waals surface area contributed by atoms with Gasteiger partial charge in [-0.2, -0.15) is 4.98 Å². The molecule has 8 nitrogen and oxygen atoms in total. The minimum absolute atomic E-state index is 0.167. The highest BCUT2D eigenvalue weighted by Crippen LogP contribution is 2.35. The lowest BCUT2D eigenvalue weighted by Crippen LogP contribution is -2.22. The van der Waals surface area contributed by atoms with Crippen molar-refractivity contribution in [3.63, 3.8) is 0 Å². The molecule has 3 aromatic rings. The van der Waals surface area contributed by atoms with Crippen LogP contribution < -0.4 is 14.8 Å². The Balaban J connectivity index is 1.45. The fourth-order valence-corrected chi connectivity index (χ4v) is 4.16. The van der Waals surface area contributed by atoms with Gasteiger partial charge in [0.2, 0.25) is 11.8 Å². The number of rotatable bonds is 9. The number of amides is 1. The minimum Gasteiger partial charge on any atom is -0.480 e. The maximum Gasteiger partial charge on any atom is 0.261 e. The molecule has 3 heterocycles. The van der Waals surface area contributed by atoms with Crippen molar-refractivity contribution in [1.82, 2.24) is 20.3 Å². The van der Waals surface area contributed by atoms with Gasteiger partial charge in [-0.1, -0.05) is 6.07 Å². The van der Waals surface area contributed by atoms with Crippen molar-refractivity contribution in [1.29, 1.82) is 0 Å². The third-order valence-corrected chi connectivity index (χ3v) is 6.08. The fraction of sp³-hybridized carbons (Fsp3) is 0.429. The molecular weight excluding hydrogens is 404 g/mol. The lowest BCUT2D eigenvalue weighted by molar-refractivity contribution is 0.0954. The van der Waals surface area contributed by atoms with E-state index in [0.717, 1.165) is 23.1 Å². The first kappa shape index (κ1) is 20.5. The van der Waals surface area contributed by atoms with Gasteiger partial charge in [-0.3, -0.25) is 4.79 Å². The van der Waals surface area contributed by atoms with E-state index >= 15 is 0 Å². The molecule has 3 aromatic heterocycles. The second kappa shape index (κ2) is 8.93. The van der Waals surface area contributed by atoms with E-state index in [0.29, 0.717) is 39.8 Å². The van der Waals surface area contributed by atoms with Crippen molar-refractivity contribution in [3.8, 4) is 11.8 Å². The van der Waals surface area contributed by atoms with Gasteiger partial charge in [0.25, 0.3) is 5.91 Å². The molecular formula is C21H24N4O4S. The molecule has 1 amide bonds. The Labute approximate surface area is 178 Å². The summed E-state index contributed by atoms with van der Waals surface area (Å²) in [5.41, 5.74) is 1.70. The molecule has 1 saturated carbocycles. The number of carbonyl (C=O) groups excluding carboxylic acids is 1. The van der Waals surface area contributed by atoms with Crippen LogP contribution in [0.25, 0.3) is 10.2 Å². The van der Waals surface area contributed by atoms with E-state index < -0.39 is 0 Å². The molecule has 1 fully saturated rings. The lowest BCUT2D eigenvalue weighted by atomic mass is 10.2. The van der Waals surface area contributed by atoms with Gasteiger partial charge >= 0.3 is 0 Å². The molecule has 0 aromatic carbocycles. The van der Waals surface area contributed by atoms with Crippen molar-refractivity contribution in [2.75, 3.05) is 20.8 Å². The summed E-state index contributed by atoms with van der Waals surface area (Å²) in [7, 11) is 3.14. The van der Waals surface area contributed by atoms with Crippen molar-refractivity contribution < 1.29 is 19.0 Å². The van der Waals surface area contributed by atoms with E-state index in [1.54, 1.807) is 20.4 Å². The van der Waals surface area contributed by atoms with Gasteiger partial charge in [0, 0.05) is 25.9 Å². The van der Waals surface area contributed by atoms with Crippen LogP contribution in [0.4, 0.5) is 0 Å². The van der Waals surface area contributed by atoms with Crippen LogP contribution in [0.15, 0.2) is 18.3 Å². The molecule has 0 atom stereocenters. The number of carbonyl (C=O) groups is 1. The Morgan fingerprint density at radius 2 is 2.10 bits per heavy atom. The molecule has 0 spiro atoms. The summed E-state index contributed by atoms with van der Waals surface area (Å²) in [6, 6.07) is 3.76. The third-order valence-electron chi connectivity index (χ3n) is 4.89. The summed E-state index contributed by atoms with van der Waals surface area (Å²) in [5.74, 6) is 2.11. The zero-order valence-corrected chi connectivity index (χ0v) is 18.0. The number of aryl methyl sites for hydroxylation is 1. The third kappa shape index (κ3) is 4.52. The predicted molar refractivity (Wildman–Crippen MR) is 113 cm³/mol. The van der Waals surface area contributed by atoms with Gasteiger partial charge in [0.1, 0.15) is 11.4 Å². The molecule has 4 rings (SSSR count). The topological polar surface area (TPSA) is 95.5 Å². The summed E-state index contributed by atoms with van der Waals surface area (Å²) in [6.07, 6.45) is 4.21. The highest BCUT2D eigenvalue weighted by Gasteiger charge is 2.22. The van der Waals surface area contributed by atoms with E-state index in [1.807, 2.05) is 19.1 Å². The molecule has 0 aliphatic heterocycles. The second-order valence-corrected chi connectivity index (χ2v) is 8.26. The second-order valence-electron chi connectivity index (χ2n) is 7.26. The smallest absolute Gasteiger partial charge is 0.261 e. The van der Waals surface area contributed by atoms with Crippen molar-refractivity contribution in [3.05, 3.63) is 40.2 Å². The van der Waals surface area contributed by atoms with Crippen LogP contribution in [0.2, 0.25) is 0 Å². The zero-order chi connectivity index (χ0) is 21.1. The van der Waals surface area contributed by atoms with Crippen LogP contribution in [-0.4, -0.2) is 41.7 Å². The first-order chi connectivity index (χ1) is 14.6. The fourth-order valence-electron chi connectivity index (χ4n) is 3.05. The zero-order valence-electron chi connectivity index (χ0n) is 17.2. The average Bonchev–Trinajstić information content (AvgIpc) is 3.53. The number of ether oxygens (including phenoxy) is 3. The summed E-state index contributed by atoms with van der Waals surface area (Å²) in [5, 5.41) is 3.71. The molecule has 158 valence electrons. The molecule has 0 saturated heterocycles. The first-order valence-corrected chi connectivity index (χ1v) is 10.6. The van der Waals surface area contributed by atoms with E-state index in [4.69, 9.17) is 14.2 Å². The van der Waals surface area contributed by atoms with Crippen LogP contribution in [-0.2, 0) is 17.9 Å². The summed E-state index contributed by atoms with van der Waals surface area (Å²) < 4.78 is 16.2. The molecule has 9 heteroatoms. The Morgan fingerprint density at radius 1 is 1.27 bits per heavy atom. The Morgan fingerprint density at radius 3 is 2.77 bits per heavy atom. The number of aromatic nitrogens is 3. The minimum atomic E-state index is -0.167. The van der Waals surface area contributed by atoms with E-state index in [9.17, 15) is 4.79 Å². The molecule has 30 heavy (non-hydrogen) atoms. The van der Waals surface area contributed by atoms with Crippen LogP contribution >= 0.6 is 11.3 Å². The van der Waals surface area contributed by atoms with Gasteiger partial charge < -0.3 is 19.5 Å². The highest BCUT2D eigenvalue weighted by molar-refractivity contribution is 7.20. The quantitative estimate of drug-likeness (QED) is 0.559. The molecule has 1 N–H and O–H groups in total. The van der Waals surface area contributed by atoms with Gasteiger partial charge in [0.05, 0.1) is 24.0 Å². The molecule has 1 aliphatic carbocycles. The Bertz CT molecular complexity index is 1050. The first-order valence-electron chi connectivity index (χ1n) is 9.78. The van der Waals surface area contributed by atoms with Gasteiger partial charge in [0.15, 0.2) is 5.82 Å². The van der Waals surface area contributed by atoms with Crippen molar-refractivity contribution >= 4 is 27.5 Å². The Kier molecular flexibility index (Phi) is 6.10. The molecule has 0 unspecified atom stereocenters. The van der Waals surface area contributed by atoms with Crippen molar-refractivity contribution in [2.24, 2.45) is 5.92 Å². The number of hydrogen-bond acceptors (Lipinski definition) is 8. The SMILES string of the molecule is COCc1nc(OC)c2c(C)c(C(=O)NCc3ccc(OCC4CC4)nc3)sc2n1. The number of hydrogen-bond donors (Lipinski definition) is 1. The maximum absolute atomic E-state index is 12.8. The molecule has 0 radical (unpaired) electrons. The molecule has 1 aliphatic rings. The molecule has 0 bridgehead atoms. The number of thiophene rings is 1. The van der Waals surface area contributed by atoms with E-state index in [1.165, 1.54) is 24.2 Å². The summed E-state index contributed by atoms with van der Waals surface area (Å²) in [6.45, 7) is 3.26. The predicted octanol–water partition coefficient (Wildman–Crippen LogP) is 3.27. The average molecular weight is 429 g/mol. The number of nitrogens with zero attached hydrogens (tertiary/aromatic N) is 3. The van der Waals surface area contributed by atoms with Crippen LogP contribution in [0.5, 0.6) is 11.8 Å². The number of pyridine rings is 1. The standard InChI is InChI=1S/C21H24N4O4S/c1-12-17-20(28-3)24-15(11-27-2)25-21(17)30-18(12)19(26)23-9-14-6-7-16(22-8-14)29-10-13-4-5-13/h6-8,13H,4-5,9-11H2,1-3H3,(H,23,26). The highest BCUT2D eigenvalue weighted by atomic mass is 32.1. The number of nitrogens with one attached hydrogen (secondary N) is 1. The normalized spacial score (nSPS) is 13.4. The van der Waals surface area contributed by atoms with Gasteiger partial charge in [-0.05, 0) is 36.8 Å². The maximum atomic E-state index is 12.8. The number of methoxy groups -OCH3 is 2. The Hall–Kier alpha value is -2.78. The van der Waals surface area contributed by atoms with Crippen molar-refractivity contribution in [2.45, 2.75) is 32.9 Å². The van der Waals surface area contributed by atoms with Crippen LogP contribution in [0.1, 0.15) is 39.5 Å². The summed E-state index contributed by atoms with van der Waals surface area (Å²) in [4.78, 5) is 27.3. The number of fused-ring (bicyclic) bond motifs is 1. The van der Waals surface area contributed by atoms with Gasteiger partial charge in [-0.15, -0.1) is 11.3 Å².